The Labute approximate surface area is 169 Å². The summed E-state index contributed by atoms with van der Waals surface area (Å²) in [5.74, 6) is 0.728. The van der Waals surface area contributed by atoms with E-state index in [4.69, 9.17) is 23.2 Å². The highest BCUT2D eigenvalue weighted by Gasteiger charge is 2.15. The lowest BCUT2D eigenvalue weighted by molar-refractivity contribution is 0.196. The van der Waals surface area contributed by atoms with Crippen LogP contribution in [0.3, 0.4) is 0 Å². The van der Waals surface area contributed by atoms with Crippen LogP contribution in [0.5, 0.6) is 0 Å². The highest BCUT2D eigenvalue weighted by Crippen LogP contribution is 2.21. The van der Waals surface area contributed by atoms with Crippen LogP contribution in [-0.2, 0) is 19.6 Å². The van der Waals surface area contributed by atoms with Crippen molar-refractivity contribution in [1.82, 2.24) is 14.5 Å². The van der Waals surface area contributed by atoms with Gasteiger partial charge in [-0.05, 0) is 55.3 Å². The quantitative estimate of drug-likeness (QED) is 0.495. The molecule has 0 spiro atoms. The maximum absolute atomic E-state index is 13.5. The maximum atomic E-state index is 13.5. The van der Waals surface area contributed by atoms with Crippen molar-refractivity contribution in [3.63, 3.8) is 0 Å². The molecule has 0 amide bonds. The Kier molecular flexibility index (Phi) is 6.53. The molecule has 0 aliphatic heterocycles. The summed E-state index contributed by atoms with van der Waals surface area (Å²) in [5, 5.41) is 1.24. The van der Waals surface area contributed by atoms with Gasteiger partial charge in [0.15, 0.2) is 0 Å². The number of hydrogen-bond acceptors (Lipinski definition) is 2. The van der Waals surface area contributed by atoms with Crippen molar-refractivity contribution in [3.05, 3.63) is 87.7 Å². The molecule has 0 aliphatic carbocycles. The van der Waals surface area contributed by atoms with Gasteiger partial charge in [-0.3, -0.25) is 4.90 Å². The Balaban J connectivity index is 1.76. The van der Waals surface area contributed by atoms with E-state index in [-0.39, 0.29) is 5.82 Å². The zero-order chi connectivity index (χ0) is 19.4. The molecule has 0 bridgehead atoms. The highest BCUT2D eigenvalue weighted by molar-refractivity contribution is 6.34. The lowest BCUT2D eigenvalue weighted by atomic mass is 10.2. The molecular weight excluding hydrogens is 384 g/mol. The van der Waals surface area contributed by atoms with Crippen LogP contribution in [-0.4, -0.2) is 20.5 Å². The minimum absolute atomic E-state index is 0.212. The average Bonchev–Trinajstić information content (AvgIpc) is 3.00. The number of halogens is 3. The van der Waals surface area contributed by atoms with Crippen LogP contribution in [0.15, 0.2) is 54.9 Å². The molecule has 0 aliphatic rings. The molecule has 2 aromatic carbocycles. The second-order valence-electron chi connectivity index (χ2n) is 6.88. The monoisotopic (exact) mass is 405 g/mol. The lowest BCUT2D eigenvalue weighted by Crippen LogP contribution is -2.31. The normalized spacial score (nSPS) is 11.5. The van der Waals surface area contributed by atoms with Crippen LogP contribution in [0.2, 0.25) is 10.0 Å². The molecule has 0 saturated carbocycles. The van der Waals surface area contributed by atoms with Gasteiger partial charge in [-0.15, -0.1) is 0 Å². The molecule has 0 radical (unpaired) electrons. The Bertz CT molecular complexity index is 888. The topological polar surface area (TPSA) is 21.1 Å². The third-order valence-corrected chi connectivity index (χ3v) is 4.86. The van der Waals surface area contributed by atoms with Gasteiger partial charge in [-0.2, -0.15) is 0 Å². The van der Waals surface area contributed by atoms with Crippen molar-refractivity contribution in [2.24, 2.45) is 0 Å². The predicted molar refractivity (Wildman–Crippen MR) is 109 cm³/mol. The van der Waals surface area contributed by atoms with Crippen LogP contribution in [0.4, 0.5) is 4.39 Å². The zero-order valence-electron chi connectivity index (χ0n) is 15.4. The van der Waals surface area contributed by atoms with Gasteiger partial charge in [0.2, 0.25) is 0 Å². The van der Waals surface area contributed by atoms with Gasteiger partial charge in [0.25, 0.3) is 0 Å². The molecule has 142 valence electrons. The van der Waals surface area contributed by atoms with Gasteiger partial charge >= 0.3 is 0 Å². The van der Waals surface area contributed by atoms with Gasteiger partial charge in [-0.1, -0.05) is 35.3 Å². The molecule has 0 N–H and O–H groups in total. The van der Waals surface area contributed by atoms with Crippen molar-refractivity contribution in [2.75, 3.05) is 0 Å². The van der Waals surface area contributed by atoms with Crippen molar-refractivity contribution < 1.29 is 4.39 Å². The summed E-state index contributed by atoms with van der Waals surface area (Å²) in [6.45, 7) is 6.22. The summed E-state index contributed by atoms with van der Waals surface area (Å²) in [6.07, 6.45) is 3.74. The Morgan fingerprint density at radius 1 is 1.04 bits per heavy atom. The third kappa shape index (κ3) is 5.55. The van der Waals surface area contributed by atoms with Gasteiger partial charge in [0, 0.05) is 41.6 Å². The van der Waals surface area contributed by atoms with Crippen LogP contribution in [0.25, 0.3) is 0 Å². The first kappa shape index (κ1) is 19.9. The first-order valence-corrected chi connectivity index (χ1v) is 9.60. The number of benzene rings is 2. The van der Waals surface area contributed by atoms with Gasteiger partial charge < -0.3 is 4.57 Å². The molecule has 0 saturated heterocycles. The van der Waals surface area contributed by atoms with Gasteiger partial charge in [-0.25, -0.2) is 9.37 Å². The van der Waals surface area contributed by atoms with E-state index in [1.165, 1.54) is 6.07 Å². The molecular formula is C21H22Cl2FN3. The first-order valence-electron chi connectivity index (χ1n) is 8.84. The summed E-state index contributed by atoms with van der Waals surface area (Å²) in [5.41, 5.74) is 1.97. The van der Waals surface area contributed by atoms with E-state index in [0.717, 1.165) is 17.0 Å². The van der Waals surface area contributed by atoms with Gasteiger partial charge in [0.1, 0.15) is 11.6 Å². The standard InChI is InChI=1S/C21H22Cl2FN3/c1-15(2)27(12-16-4-3-5-20(24)10-16)14-21-25-6-7-26(21)13-17-8-18(22)11-19(23)9-17/h3-11,15H,12-14H2,1-2H3. The molecule has 3 nitrogen and oxygen atoms in total. The molecule has 27 heavy (non-hydrogen) atoms. The second kappa shape index (κ2) is 8.87. The van der Waals surface area contributed by atoms with E-state index >= 15 is 0 Å². The number of imidazole rings is 1. The summed E-state index contributed by atoms with van der Waals surface area (Å²) in [7, 11) is 0. The summed E-state index contributed by atoms with van der Waals surface area (Å²) >= 11 is 12.2. The van der Waals surface area contributed by atoms with Crippen LogP contribution < -0.4 is 0 Å². The number of nitrogens with zero attached hydrogens (tertiary/aromatic N) is 3. The molecule has 0 unspecified atom stereocenters. The lowest BCUT2D eigenvalue weighted by Gasteiger charge is -2.26. The fraction of sp³-hybridized carbons (Fsp3) is 0.286. The Morgan fingerprint density at radius 2 is 1.78 bits per heavy atom. The molecule has 0 atom stereocenters. The van der Waals surface area contributed by atoms with E-state index in [1.54, 1.807) is 24.4 Å². The van der Waals surface area contributed by atoms with E-state index in [1.807, 2.05) is 24.4 Å². The smallest absolute Gasteiger partial charge is 0.123 e. The fourth-order valence-corrected chi connectivity index (χ4v) is 3.58. The molecule has 3 aromatic rings. The molecule has 6 heteroatoms. The number of aromatic nitrogens is 2. The fourth-order valence-electron chi connectivity index (χ4n) is 3.01. The molecule has 1 aromatic heterocycles. The number of rotatable bonds is 7. The maximum Gasteiger partial charge on any atom is 0.123 e. The summed E-state index contributed by atoms with van der Waals surface area (Å²) in [6, 6.07) is 12.6. The third-order valence-electron chi connectivity index (χ3n) is 4.43. The van der Waals surface area contributed by atoms with Gasteiger partial charge in [0.05, 0.1) is 6.54 Å². The van der Waals surface area contributed by atoms with E-state index in [0.29, 0.717) is 35.7 Å². The van der Waals surface area contributed by atoms with Crippen molar-refractivity contribution >= 4 is 23.2 Å². The number of hydrogen-bond donors (Lipinski definition) is 0. The van der Waals surface area contributed by atoms with E-state index in [2.05, 4.69) is 28.3 Å². The van der Waals surface area contributed by atoms with Crippen molar-refractivity contribution in [2.45, 2.75) is 39.5 Å². The van der Waals surface area contributed by atoms with E-state index < -0.39 is 0 Å². The first-order chi connectivity index (χ1) is 12.9. The molecule has 1 heterocycles. The van der Waals surface area contributed by atoms with Crippen LogP contribution >= 0.6 is 23.2 Å². The molecule has 3 rings (SSSR count). The predicted octanol–water partition coefficient (Wildman–Crippen LogP) is 5.79. The summed E-state index contributed by atoms with van der Waals surface area (Å²) < 4.78 is 15.6. The highest BCUT2D eigenvalue weighted by atomic mass is 35.5. The SMILES string of the molecule is CC(C)N(Cc1cccc(F)c1)Cc1nccn1Cc1cc(Cl)cc(Cl)c1. The minimum atomic E-state index is -0.212. The summed E-state index contributed by atoms with van der Waals surface area (Å²) in [4.78, 5) is 6.78. The minimum Gasteiger partial charge on any atom is -0.329 e. The van der Waals surface area contributed by atoms with Crippen molar-refractivity contribution in [1.29, 1.82) is 0 Å². The Morgan fingerprint density at radius 3 is 2.44 bits per heavy atom. The van der Waals surface area contributed by atoms with Crippen LogP contribution in [0.1, 0.15) is 30.8 Å². The second-order valence-corrected chi connectivity index (χ2v) is 7.75. The van der Waals surface area contributed by atoms with Crippen LogP contribution in [0, 0.1) is 5.82 Å². The van der Waals surface area contributed by atoms with Crippen molar-refractivity contribution in [3.8, 4) is 0 Å². The van der Waals surface area contributed by atoms with E-state index in [9.17, 15) is 4.39 Å². The zero-order valence-corrected chi connectivity index (χ0v) is 16.9. The molecule has 0 fully saturated rings. The average molecular weight is 406 g/mol. The largest absolute Gasteiger partial charge is 0.329 e. The Hall–Kier alpha value is -1.88.